The third-order valence-corrected chi connectivity index (χ3v) is 7.10. The van der Waals surface area contributed by atoms with E-state index in [1.807, 2.05) is 37.3 Å². The summed E-state index contributed by atoms with van der Waals surface area (Å²) in [7, 11) is -1.24. The van der Waals surface area contributed by atoms with Crippen LogP contribution in [-0.4, -0.2) is 16.8 Å². The van der Waals surface area contributed by atoms with Crippen LogP contribution in [0.15, 0.2) is 30.3 Å². The van der Waals surface area contributed by atoms with Crippen molar-refractivity contribution < 1.29 is 9.09 Å². The minimum atomic E-state index is -2.78. The highest BCUT2D eigenvalue weighted by molar-refractivity contribution is 8.07. The maximum atomic E-state index is 12.9. The molecular weight excluding hydrogens is 251 g/mol. The molecule has 0 heterocycles. The molecule has 2 unspecified atom stereocenters. The summed E-state index contributed by atoms with van der Waals surface area (Å²) in [5, 5.41) is 0.798. The van der Waals surface area contributed by atoms with E-state index in [1.165, 1.54) is 7.11 Å². The van der Waals surface area contributed by atoms with Gasteiger partial charge in [-0.2, -0.15) is 0 Å². The molecule has 0 aliphatic heterocycles. The van der Waals surface area contributed by atoms with Crippen LogP contribution >= 0.6 is 19.1 Å². The molecule has 17 heavy (non-hydrogen) atoms. The first kappa shape index (κ1) is 14.8. The van der Waals surface area contributed by atoms with Crippen LogP contribution in [0.5, 0.6) is 0 Å². The molecule has 0 amide bonds. The highest BCUT2D eigenvalue weighted by atomic mass is 32.2. The van der Waals surface area contributed by atoms with Gasteiger partial charge in [-0.3, -0.25) is 4.57 Å². The first-order chi connectivity index (χ1) is 7.79. The van der Waals surface area contributed by atoms with Gasteiger partial charge in [-0.1, -0.05) is 39.0 Å². The lowest BCUT2D eigenvalue weighted by Crippen LogP contribution is -2.19. The minimum Gasteiger partial charge on any atom is -0.328 e. The van der Waals surface area contributed by atoms with Crippen LogP contribution in [-0.2, 0) is 9.09 Å². The molecule has 1 aromatic carbocycles. The third-order valence-electron chi connectivity index (χ3n) is 2.39. The van der Waals surface area contributed by atoms with Crippen molar-refractivity contribution in [2.45, 2.75) is 37.4 Å². The third kappa shape index (κ3) is 3.87. The van der Waals surface area contributed by atoms with Crippen molar-refractivity contribution in [3.63, 3.8) is 0 Å². The standard InChI is InChI=1S/C13H21O2PS/c1-11(17-13(2,3)4)16(14,15-5)12-9-7-6-8-10-12/h6-11H,1-5H3. The molecule has 0 aliphatic rings. The van der Waals surface area contributed by atoms with Crippen LogP contribution in [0, 0.1) is 0 Å². The van der Waals surface area contributed by atoms with Crippen molar-refractivity contribution in [3.8, 4) is 0 Å². The van der Waals surface area contributed by atoms with E-state index in [1.54, 1.807) is 11.8 Å². The highest BCUT2D eigenvalue weighted by Gasteiger charge is 2.34. The Labute approximate surface area is 109 Å². The number of rotatable bonds is 4. The van der Waals surface area contributed by atoms with Crippen LogP contribution in [0.2, 0.25) is 0 Å². The van der Waals surface area contributed by atoms with Gasteiger partial charge in [-0.05, 0) is 19.1 Å². The van der Waals surface area contributed by atoms with Crippen LogP contribution < -0.4 is 5.30 Å². The normalized spacial score (nSPS) is 17.5. The van der Waals surface area contributed by atoms with Gasteiger partial charge in [0.05, 0.1) is 4.99 Å². The van der Waals surface area contributed by atoms with Crippen molar-refractivity contribution in [1.82, 2.24) is 0 Å². The molecule has 4 heteroatoms. The van der Waals surface area contributed by atoms with Crippen LogP contribution in [0.4, 0.5) is 0 Å². The molecule has 0 saturated carbocycles. The summed E-state index contributed by atoms with van der Waals surface area (Å²) in [4.78, 5) is -0.0464. The predicted molar refractivity (Wildman–Crippen MR) is 77.5 cm³/mol. The second-order valence-corrected chi connectivity index (χ2v) is 10.3. The molecule has 0 radical (unpaired) electrons. The van der Waals surface area contributed by atoms with Gasteiger partial charge in [0.15, 0.2) is 0 Å². The van der Waals surface area contributed by atoms with Gasteiger partial charge < -0.3 is 4.52 Å². The molecule has 0 saturated heterocycles. The summed E-state index contributed by atoms with van der Waals surface area (Å²) in [5.74, 6) is 0. The van der Waals surface area contributed by atoms with Gasteiger partial charge in [-0.25, -0.2) is 0 Å². The van der Waals surface area contributed by atoms with Crippen molar-refractivity contribution in [2.24, 2.45) is 0 Å². The Morgan fingerprint density at radius 2 is 1.76 bits per heavy atom. The van der Waals surface area contributed by atoms with Gasteiger partial charge in [0.1, 0.15) is 0 Å². The zero-order chi connectivity index (χ0) is 13.1. The smallest absolute Gasteiger partial charge is 0.244 e. The van der Waals surface area contributed by atoms with E-state index in [9.17, 15) is 4.57 Å². The zero-order valence-electron chi connectivity index (χ0n) is 11.1. The van der Waals surface area contributed by atoms with Gasteiger partial charge in [0.2, 0.25) is 7.37 Å². The van der Waals surface area contributed by atoms with E-state index in [0.29, 0.717) is 0 Å². The molecule has 2 atom stereocenters. The predicted octanol–water partition coefficient (Wildman–Crippen LogP) is 4.11. The average molecular weight is 272 g/mol. The Morgan fingerprint density at radius 3 is 2.18 bits per heavy atom. The molecular formula is C13H21O2PS. The molecule has 0 aromatic heterocycles. The van der Waals surface area contributed by atoms with Crippen molar-refractivity contribution >= 4 is 24.4 Å². The average Bonchev–Trinajstić information content (AvgIpc) is 2.27. The lowest BCUT2D eigenvalue weighted by atomic mass is 10.3. The van der Waals surface area contributed by atoms with Crippen molar-refractivity contribution in [2.75, 3.05) is 7.11 Å². The summed E-state index contributed by atoms with van der Waals surface area (Å²) in [6, 6.07) is 9.48. The maximum absolute atomic E-state index is 12.9. The molecule has 2 nitrogen and oxygen atoms in total. The van der Waals surface area contributed by atoms with Crippen molar-refractivity contribution in [3.05, 3.63) is 30.3 Å². The van der Waals surface area contributed by atoms with E-state index < -0.39 is 7.37 Å². The summed E-state index contributed by atoms with van der Waals surface area (Å²) in [5.41, 5.74) is 0. The molecule has 1 rings (SSSR count). The fourth-order valence-corrected chi connectivity index (χ4v) is 6.35. The molecule has 0 aliphatic carbocycles. The molecule has 0 fully saturated rings. The molecule has 96 valence electrons. The maximum Gasteiger partial charge on any atom is 0.244 e. The van der Waals surface area contributed by atoms with Crippen molar-refractivity contribution in [1.29, 1.82) is 0 Å². The summed E-state index contributed by atoms with van der Waals surface area (Å²) in [6.07, 6.45) is 0. The Hall–Kier alpha value is -0.240. The fourth-order valence-electron chi connectivity index (χ4n) is 1.68. The number of hydrogen-bond donors (Lipinski definition) is 0. The van der Waals surface area contributed by atoms with Gasteiger partial charge in [0, 0.05) is 17.2 Å². The lowest BCUT2D eigenvalue weighted by molar-refractivity contribution is 0.402. The first-order valence-electron chi connectivity index (χ1n) is 5.68. The SMILES string of the molecule is COP(=O)(c1ccccc1)C(C)SC(C)(C)C. The Bertz CT molecular complexity index is 398. The Balaban J connectivity index is 3.01. The molecule has 0 bridgehead atoms. The molecule has 0 N–H and O–H groups in total. The quantitative estimate of drug-likeness (QED) is 0.771. The Kier molecular flexibility index (Phi) is 4.88. The van der Waals surface area contributed by atoms with Gasteiger partial charge >= 0.3 is 0 Å². The van der Waals surface area contributed by atoms with E-state index in [0.717, 1.165) is 5.30 Å². The number of thioether (sulfide) groups is 1. The van der Waals surface area contributed by atoms with Crippen LogP contribution in [0.1, 0.15) is 27.7 Å². The van der Waals surface area contributed by atoms with E-state index in [-0.39, 0.29) is 9.74 Å². The monoisotopic (exact) mass is 272 g/mol. The summed E-state index contributed by atoms with van der Waals surface area (Å²) >= 11 is 1.69. The largest absolute Gasteiger partial charge is 0.328 e. The second kappa shape index (κ2) is 5.60. The summed E-state index contributed by atoms with van der Waals surface area (Å²) < 4.78 is 18.4. The number of benzene rings is 1. The van der Waals surface area contributed by atoms with Gasteiger partial charge in [0.25, 0.3) is 0 Å². The Morgan fingerprint density at radius 1 is 1.24 bits per heavy atom. The lowest BCUT2D eigenvalue weighted by Gasteiger charge is -2.28. The second-order valence-electron chi connectivity index (χ2n) is 4.94. The first-order valence-corrected chi connectivity index (χ1v) is 8.26. The van der Waals surface area contributed by atoms with E-state index >= 15 is 0 Å². The fraction of sp³-hybridized carbons (Fsp3) is 0.538. The van der Waals surface area contributed by atoms with Gasteiger partial charge in [-0.15, -0.1) is 11.8 Å². The minimum absolute atomic E-state index is 0.0464. The van der Waals surface area contributed by atoms with E-state index in [2.05, 4.69) is 20.8 Å². The van der Waals surface area contributed by atoms with Crippen LogP contribution in [0.25, 0.3) is 0 Å². The number of hydrogen-bond acceptors (Lipinski definition) is 3. The zero-order valence-corrected chi connectivity index (χ0v) is 12.8. The van der Waals surface area contributed by atoms with Crippen LogP contribution in [0.3, 0.4) is 0 Å². The molecule has 1 aromatic rings. The highest BCUT2D eigenvalue weighted by Crippen LogP contribution is 2.56. The van der Waals surface area contributed by atoms with E-state index in [4.69, 9.17) is 4.52 Å². The summed E-state index contributed by atoms with van der Waals surface area (Å²) in [6.45, 7) is 8.35. The molecule has 0 spiro atoms. The topological polar surface area (TPSA) is 26.3 Å².